The zero-order chi connectivity index (χ0) is 18.5. The number of Topliss-reactive ketones (excluding diaryl/α,β-unsaturated/α-hetero) is 1. The molecule has 2 heterocycles. The molecular formula is C21H15N3O2S. The van der Waals surface area contributed by atoms with E-state index in [1.165, 1.54) is 11.8 Å². The second-order valence-corrected chi connectivity index (χ2v) is 7.26. The Bertz CT molecular complexity index is 1180. The molecule has 1 aliphatic heterocycles. The standard InChI is InChI=1S/C21H15N3O2S/c1-27-21-23-19-16(20(26)24-21)14(11-7-3-2-4-8-11)15-17(22-19)12-9-5-6-10-13(12)18(15)25/h2-10,14H,1H3,(H2,22,23,24,26). The zero-order valence-corrected chi connectivity index (χ0v) is 15.3. The SMILES string of the molecule is CSc1nc2c(c(=O)[nH]1)C(c1ccccc1)C1=C(N2)c2ccccc2C1=O. The van der Waals surface area contributed by atoms with Crippen LogP contribution in [0.1, 0.15) is 33.0 Å². The summed E-state index contributed by atoms with van der Waals surface area (Å²) in [5.74, 6) is 0.0191. The van der Waals surface area contributed by atoms with Crippen molar-refractivity contribution >= 4 is 29.1 Å². The maximum absolute atomic E-state index is 13.2. The highest BCUT2D eigenvalue weighted by molar-refractivity contribution is 7.98. The van der Waals surface area contributed by atoms with Crippen molar-refractivity contribution in [3.8, 4) is 0 Å². The predicted molar refractivity (Wildman–Crippen MR) is 106 cm³/mol. The number of H-pyrrole nitrogens is 1. The third kappa shape index (κ3) is 2.30. The maximum Gasteiger partial charge on any atom is 0.257 e. The van der Waals surface area contributed by atoms with Crippen LogP contribution in [0.2, 0.25) is 0 Å². The molecule has 2 aliphatic rings. The van der Waals surface area contributed by atoms with Gasteiger partial charge in [-0.3, -0.25) is 9.59 Å². The van der Waals surface area contributed by atoms with Gasteiger partial charge in [0.15, 0.2) is 10.9 Å². The van der Waals surface area contributed by atoms with E-state index in [1.54, 1.807) is 0 Å². The molecule has 1 aromatic heterocycles. The van der Waals surface area contributed by atoms with Gasteiger partial charge in [0.05, 0.1) is 11.3 Å². The lowest BCUT2D eigenvalue weighted by molar-refractivity contribution is 0.103. The Morgan fingerprint density at radius 3 is 2.41 bits per heavy atom. The molecule has 6 heteroatoms. The van der Waals surface area contributed by atoms with E-state index < -0.39 is 5.92 Å². The van der Waals surface area contributed by atoms with E-state index in [4.69, 9.17) is 0 Å². The van der Waals surface area contributed by atoms with E-state index in [1.807, 2.05) is 60.9 Å². The van der Waals surface area contributed by atoms with Crippen molar-refractivity contribution in [2.45, 2.75) is 11.1 Å². The number of allylic oxidation sites excluding steroid dienone is 1. The minimum absolute atomic E-state index is 0.0408. The molecule has 132 valence electrons. The van der Waals surface area contributed by atoms with Crippen molar-refractivity contribution in [2.75, 3.05) is 11.6 Å². The lowest BCUT2D eigenvalue weighted by Crippen LogP contribution is -2.28. The molecule has 3 aromatic rings. The van der Waals surface area contributed by atoms with Gasteiger partial charge in [0.2, 0.25) is 0 Å². The minimum Gasteiger partial charge on any atom is -0.339 e. The number of carbonyl (C=O) groups is 1. The molecule has 0 amide bonds. The number of carbonyl (C=O) groups excluding carboxylic acids is 1. The highest BCUT2D eigenvalue weighted by Crippen LogP contribution is 2.47. The first-order chi connectivity index (χ1) is 13.2. The fourth-order valence-electron chi connectivity index (χ4n) is 3.88. The van der Waals surface area contributed by atoms with Crippen LogP contribution >= 0.6 is 11.8 Å². The van der Waals surface area contributed by atoms with Crippen LogP contribution in [0.4, 0.5) is 5.82 Å². The summed E-state index contributed by atoms with van der Waals surface area (Å²) in [6.07, 6.45) is 1.86. The number of aromatic amines is 1. The molecule has 0 spiro atoms. The van der Waals surface area contributed by atoms with Crippen molar-refractivity contribution in [1.82, 2.24) is 9.97 Å². The summed E-state index contributed by atoms with van der Waals surface area (Å²) in [4.78, 5) is 33.5. The summed E-state index contributed by atoms with van der Waals surface area (Å²) in [6.45, 7) is 0. The van der Waals surface area contributed by atoms with Crippen LogP contribution in [0.3, 0.4) is 0 Å². The number of fused-ring (bicyclic) bond motifs is 3. The molecule has 27 heavy (non-hydrogen) atoms. The van der Waals surface area contributed by atoms with Gasteiger partial charge in [0, 0.05) is 22.6 Å². The van der Waals surface area contributed by atoms with Gasteiger partial charge in [-0.25, -0.2) is 4.98 Å². The van der Waals surface area contributed by atoms with Crippen molar-refractivity contribution in [3.63, 3.8) is 0 Å². The Labute approximate surface area is 159 Å². The average molecular weight is 373 g/mol. The second kappa shape index (κ2) is 5.96. The molecule has 5 rings (SSSR count). The number of nitrogens with zero attached hydrogens (tertiary/aromatic N) is 1. The van der Waals surface area contributed by atoms with E-state index in [-0.39, 0.29) is 11.3 Å². The summed E-state index contributed by atoms with van der Waals surface area (Å²) < 4.78 is 0. The number of hydrogen-bond acceptors (Lipinski definition) is 5. The van der Waals surface area contributed by atoms with Gasteiger partial charge >= 0.3 is 0 Å². The summed E-state index contributed by atoms with van der Waals surface area (Å²) in [7, 11) is 0. The van der Waals surface area contributed by atoms with Crippen molar-refractivity contribution in [3.05, 3.63) is 92.8 Å². The fraction of sp³-hybridized carbons (Fsp3) is 0.0952. The predicted octanol–water partition coefficient (Wildman–Crippen LogP) is 3.66. The van der Waals surface area contributed by atoms with Crippen LogP contribution in [0.25, 0.3) is 5.70 Å². The van der Waals surface area contributed by atoms with Crippen molar-refractivity contribution < 1.29 is 4.79 Å². The molecule has 0 fully saturated rings. The van der Waals surface area contributed by atoms with E-state index in [0.717, 1.165) is 16.8 Å². The number of anilines is 1. The summed E-state index contributed by atoms with van der Waals surface area (Å²) in [6, 6.07) is 17.2. The van der Waals surface area contributed by atoms with Crippen LogP contribution in [0.5, 0.6) is 0 Å². The van der Waals surface area contributed by atoms with Gasteiger partial charge < -0.3 is 10.3 Å². The molecule has 0 saturated heterocycles. The van der Waals surface area contributed by atoms with Gasteiger partial charge in [0.25, 0.3) is 5.56 Å². The van der Waals surface area contributed by atoms with E-state index in [2.05, 4.69) is 15.3 Å². The largest absolute Gasteiger partial charge is 0.339 e. The maximum atomic E-state index is 13.2. The number of nitrogens with one attached hydrogen (secondary N) is 2. The number of benzene rings is 2. The first kappa shape index (κ1) is 16.1. The van der Waals surface area contributed by atoms with Crippen LogP contribution in [0.15, 0.2) is 70.1 Å². The monoisotopic (exact) mass is 373 g/mol. The van der Waals surface area contributed by atoms with E-state index in [0.29, 0.717) is 27.7 Å². The van der Waals surface area contributed by atoms with Crippen molar-refractivity contribution in [2.24, 2.45) is 0 Å². The van der Waals surface area contributed by atoms with E-state index >= 15 is 0 Å². The van der Waals surface area contributed by atoms with Crippen LogP contribution in [-0.2, 0) is 0 Å². The summed E-state index contributed by atoms with van der Waals surface area (Å²) in [5, 5.41) is 3.82. The molecule has 0 bridgehead atoms. The summed E-state index contributed by atoms with van der Waals surface area (Å²) >= 11 is 1.37. The van der Waals surface area contributed by atoms with Gasteiger partial charge in [-0.1, -0.05) is 66.4 Å². The molecule has 0 radical (unpaired) electrons. The molecule has 1 atom stereocenters. The van der Waals surface area contributed by atoms with E-state index in [9.17, 15) is 9.59 Å². The van der Waals surface area contributed by atoms with Gasteiger partial charge in [-0.2, -0.15) is 0 Å². The molecule has 1 aliphatic carbocycles. The minimum atomic E-state index is -0.454. The van der Waals surface area contributed by atoms with Crippen LogP contribution < -0.4 is 10.9 Å². The number of hydrogen-bond donors (Lipinski definition) is 2. The first-order valence-electron chi connectivity index (χ1n) is 8.57. The molecule has 2 aromatic carbocycles. The van der Waals surface area contributed by atoms with Gasteiger partial charge in [0.1, 0.15) is 5.82 Å². The van der Waals surface area contributed by atoms with Crippen LogP contribution in [-0.4, -0.2) is 22.0 Å². The molecular weight excluding hydrogens is 358 g/mol. The Hall–Kier alpha value is -3.12. The average Bonchev–Trinajstić information content (AvgIpc) is 2.99. The second-order valence-electron chi connectivity index (χ2n) is 6.47. The topological polar surface area (TPSA) is 74.8 Å². The molecule has 2 N–H and O–H groups in total. The molecule has 5 nitrogen and oxygen atoms in total. The van der Waals surface area contributed by atoms with Crippen molar-refractivity contribution in [1.29, 1.82) is 0 Å². The fourth-order valence-corrected chi connectivity index (χ4v) is 4.25. The number of rotatable bonds is 2. The number of ketones is 1. The highest BCUT2D eigenvalue weighted by atomic mass is 32.2. The first-order valence-corrected chi connectivity index (χ1v) is 9.80. The Kier molecular flexibility index (Phi) is 3.55. The summed E-state index contributed by atoms with van der Waals surface area (Å²) in [5.41, 5.74) is 4.04. The normalized spacial score (nSPS) is 17.2. The molecule has 0 saturated carbocycles. The third-order valence-corrected chi connectivity index (χ3v) is 5.62. The Morgan fingerprint density at radius 2 is 1.67 bits per heavy atom. The third-order valence-electron chi connectivity index (χ3n) is 5.04. The zero-order valence-electron chi connectivity index (χ0n) is 14.4. The van der Waals surface area contributed by atoms with Gasteiger partial charge in [-0.15, -0.1) is 0 Å². The highest BCUT2D eigenvalue weighted by Gasteiger charge is 2.41. The molecule has 1 unspecified atom stereocenters. The quantitative estimate of drug-likeness (QED) is 0.530. The lowest BCUT2D eigenvalue weighted by Gasteiger charge is -2.27. The lowest BCUT2D eigenvalue weighted by atomic mass is 9.82. The number of aromatic nitrogens is 2. The van der Waals surface area contributed by atoms with Gasteiger partial charge in [-0.05, 0) is 11.8 Å². The van der Waals surface area contributed by atoms with Crippen LogP contribution in [0, 0.1) is 0 Å². The smallest absolute Gasteiger partial charge is 0.257 e. The Balaban J connectivity index is 1.82. The Morgan fingerprint density at radius 1 is 0.963 bits per heavy atom. The number of thioether (sulfide) groups is 1.